The van der Waals surface area contributed by atoms with Gasteiger partial charge in [0.1, 0.15) is 5.03 Å². The van der Waals surface area contributed by atoms with Crippen LogP contribution in [0.4, 0.5) is 0 Å². The van der Waals surface area contributed by atoms with E-state index in [1.165, 1.54) is 16.7 Å². The summed E-state index contributed by atoms with van der Waals surface area (Å²) < 4.78 is 0.988. The number of carbonyl (C=O) groups excluding carboxylic acids is 3. The molecule has 0 spiro atoms. The minimum Gasteiger partial charge on any atom is -0.345 e. The van der Waals surface area contributed by atoms with Crippen LogP contribution in [-0.2, 0) is 9.59 Å². The van der Waals surface area contributed by atoms with E-state index in [0.717, 1.165) is 22.2 Å². The Hall–Kier alpha value is -2.39. The molecule has 1 aromatic carbocycles. The van der Waals surface area contributed by atoms with Crippen molar-refractivity contribution in [3.63, 3.8) is 0 Å². The molecule has 0 bridgehead atoms. The molecular formula is C21H21BrN4O3S. The van der Waals surface area contributed by atoms with E-state index in [0.29, 0.717) is 36.8 Å². The first-order valence-electron chi connectivity index (χ1n) is 9.79. The van der Waals surface area contributed by atoms with Gasteiger partial charge in [-0.25, -0.2) is 4.98 Å². The minimum absolute atomic E-state index is 0.114. The van der Waals surface area contributed by atoms with E-state index in [1.807, 2.05) is 24.3 Å². The number of benzene rings is 1. The number of nitrogens with zero attached hydrogens (tertiary/aromatic N) is 3. The van der Waals surface area contributed by atoms with Crippen LogP contribution in [0, 0.1) is 0 Å². The molecule has 30 heavy (non-hydrogen) atoms. The average Bonchev–Trinajstić information content (AvgIpc) is 3.59. The van der Waals surface area contributed by atoms with Gasteiger partial charge in [-0.2, -0.15) is 0 Å². The Balaban J connectivity index is 1.39. The van der Waals surface area contributed by atoms with Crippen LogP contribution in [0.5, 0.6) is 0 Å². The number of hydrogen-bond donors (Lipinski definition) is 1. The maximum absolute atomic E-state index is 13.1. The van der Waals surface area contributed by atoms with Gasteiger partial charge < -0.3 is 15.1 Å². The van der Waals surface area contributed by atoms with E-state index >= 15 is 0 Å². The highest BCUT2D eigenvalue weighted by Crippen LogP contribution is 2.30. The van der Waals surface area contributed by atoms with Crippen LogP contribution in [-0.4, -0.2) is 64.7 Å². The zero-order valence-corrected chi connectivity index (χ0v) is 18.6. The largest absolute Gasteiger partial charge is 0.345 e. The lowest BCUT2D eigenvalue weighted by Gasteiger charge is -2.34. The topological polar surface area (TPSA) is 82.6 Å². The molecule has 156 valence electrons. The number of carbonyl (C=O) groups is 3. The molecule has 0 atom stereocenters. The first-order valence-corrected chi connectivity index (χ1v) is 11.4. The Morgan fingerprint density at radius 3 is 2.33 bits per heavy atom. The molecule has 0 unspecified atom stereocenters. The molecule has 2 aliphatic rings. The van der Waals surface area contributed by atoms with Crippen molar-refractivity contribution in [3.8, 4) is 0 Å². The quantitative estimate of drug-likeness (QED) is 0.668. The zero-order chi connectivity index (χ0) is 21.1. The van der Waals surface area contributed by atoms with Crippen LogP contribution in [0.2, 0.25) is 0 Å². The second-order valence-electron chi connectivity index (χ2n) is 7.24. The first kappa shape index (κ1) is 20.9. The van der Waals surface area contributed by atoms with Gasteiger partial charge >= 0.3 is 11.8 Å². The fourth-order valence-corrected chi connectivity index (χ4v) is 4.29. The molecule has 3 amide bonds. The van der Waals surface area contributed by atoms with Crippen LogP contribution in [0.3, 0.4) is 0 Å². The third kappa shape index (κ3) is 5.02. The summed E-state index contributed by atoms with van der Waals surface area (Å²) >= 11 is 4.86. The lowest BCUT2D eigenvalue weighted by atomic mass is 10.2. The molecule has 1 aromatic heterocycles. The summed E-state index contributed by atoms with van der Waals surface area (Å²) in [6.45, 7) is 1.47. The van der Waals surface area contributed by atoms with Gasteiger partial charge in [-0.3, -0.25) is 14.4 Å². The van der Waals surface area contributed by atoms with Crippen LogP contribution in [0.1, 0.15) is 23.2 Å². The van der Waals surface area contributed by atoms with Gasteiger partial charge in [-0.15, -0.1) is 0 Å². The van der Waals surface area contributed by atoms with E-state index < -0.39 is 11.8 Å². The number of aromatic nitrogens is 1. The molecule has 1 saturated carbocycles. The van der Waals surface area contributed by atoms with Crippen LogP contribution in [0.25, 0.3) is 0 Å². The van der Waals surface area contributed by atoms with Gasteiger partial charge in [0, 0.05) is 47.8 Å². The molecule has 0 radical (unpaired) electrons. The fraction of sp³-hybridized carbons (Fsp3) is 0.333. The van der Waals surface area contributed by atoms with Crippen molar-refractivity contribution < 1.29 is 14.4 Å². The predicted molar refractivity (Wildman–Crippen MR) is 116 cm³/mol. The first-order chi connectivity index (χ1) is 14.5. The lowest BCUT2D eigenvalue weighted by Crippen LogP contribution is -2.54. The summed E-state index contributed by atoms with van der Waals surface area (Å²) in [7, 11) is 0. The third-order valence-corrected chi connectivity index (χ3v) is 6.55. The second-order valence-corrected chi connectivity index (χ2v) is 9.22. The SMILES string of the molecule is O=C(NC1CC1)C(=O)N1CCN(C(=O)c2cccnc2Sc2ccc(Br)cc2)CC1. The highest BCUT2D eigenvalue weighted by atomic mass is 79.9. The molecule has 2 aromatic rings. The summed E-state index contributed by atoms with van der Waals surface area (Å²) in [6, 6.07) is 11.5. The molecular weight excluding hydrogens is 468 g/mol. The Kier molecular flexibility index (Phi) is 6.38. The Morgan fingerprint density at radius 2 is 1.67 bits per heavy atom. The summed E-state index contributed by atoms with van der Waals surface area (Å²) in [5, 5.41) is 3.37. The van der Waals surface area contributed by atoms with Crippen molar-refractivity contribution in [2.24, 2.45) is 0 Å². The third-order valence-electron chi connectivity index (χ3n) is 4.99. The molecule has 1 aliphatic carbocycles. The van der Waals surface area contributed by atoms with Gasteiger partial charge in [0.25, 0.3) is 5.91 Å². The summed E-state index contributed by atoms with van der Waals surface area (Å²) in [5.41, 5.74) is 0.539. The molecule has 1 aliphatic heterocycles. The maximum atomic E-state index is 13.1. The fourth-order valence-electron chi connectivity index (χ4n) is 3.15. The zero-order valence-electron chi connectivity index (χ0n) is 16.2. The van der Waals surface area contributed by atoms with Crippen molar-refractivity contribution in [1.82, 2.24) is 20.1 Å². The number of pyridine rings is 1. The monoisotopic (exact) mass is 488 g/mol. The predicted octanol–water partition coefficient (Wildman–Crippen LogP) is 2.56. The number of piperazine rings is 1. The maximum Gasteiger partial charge on any atom is 0.312 e. The number of rotatable bonds is 4. The van der Waals surface area contributed by atoms with Gasteiger partial charge in [0.15, 0.2) is 0 Å². The van der Waals surface area contributed by atoms with Gasteiger partial charge in [0.05, 0.1) is 5.56 Å². The molecule has 7 nitrogen and oxygen atoms in total. The summed E-state index contributed by atoms with van der Waals surface area (Å²) in [5.74, 6) is -1.17. The van der Waals surface area contributed by atoms with Crippen molar-refractivity contribution in [3.05, 3.63) is 52.6 Å². The van der Waals surface area contributed by atoms with Gasteiger partial charge in [-0.1, -0.05) is 27.7 Å². The number of amides is 3. The van der Waals surface area contributed by atoms with E-state index in [1.54, 1.807) is 23.2 Å². The molecule has 4 rings (SSSR count). The molecule has 1 N–H and O–H groups in total. The molecule has 2 fully saturated rings. The highest BCUT2D eigenvalue weighted by molar-refractivity contribution is 9.10. The van der Waals surface area contributed by atoms with Crippen molar-refractivity contribution in [2.45, 2.75) is 28.8 Å². The van der Waals surface area contributed by atoms with Gasteiger partial charge in [0.2, 0.25) is 0 Å². The van der Waals surface area contributed by atoms with Crippen LogP contribution in [0.15, 0.2) is 57.0 Å². The van der Waals surface area contributed by atoms with Gasteiger partial charge in [-0.05, 0) is 49.2 Å². The Morgan fingerprint density at radius 1 is 1.00 bits per heavy atom. The van der Waals surface area contributed by atoms with Crippen LogP contribution >= 0.6 is 27.7 Å². The summed E-state index contributed by atoms with van der Waals surface area (Å²) in [4.78, 5) is 46.0. The van der Waals surface area contributed by atoms with Crippen LogP contribution < -0.4 is 5.32 Å². The van der Waals surface area contributed by atoms with Crippen molar-refractivity contribution in [2.75, 3.05) is 26.2 Å². The molecule has 9 heteroatoms. The van der Waals surface area contributed by atoms with E-state index in [-0.39, 0.29) is 11.9 Å². The Labute approximate surface area is 187 Å². The van der Waals surface area contributed by atoms with E-state index in [9.17, 15) is 14.4 Å². The number of halogens is 1. The minimum atomic E-state index is -0.544. The molecule has 1 saturated heterocycles. The van der Waals surface area contributed by atoms with E-state index in [4.69, 9.17) is 0 Å². The highest BCUT2D eigenvalue weighted by Gasteiger charge is 2.32. The second kappa shape index (κ2) is 9.18. The lowest BCUT2D eigenvalue weighted by molar-refractivity contribution is -0.146. The number of hydrogen-bond acceptors (Lipinski definition) is 5. The summed E-state index contributed by atoms with van der Waals surface area (Å²) in [6.07, 6.45) is 3.55. The number of nitrogens with one attached hydrogen (secondary N) is 1. The standard InChI is InChI=1S/C21H21BrN4O3S/c22-14-3-7-16(8-4-14)30-19-17(2-1-9-23-19)20(28)25-10-12-26(13-11-25)21(29)18(27)24-15-5-6-15/h1-4,7-9,15H,5-6,10-13H2,(H,24,27). The van der Waals surface area contributed by atoms with E-state index in [2.05, 4.69) is 26.2 Å². The van der Waals surface area contributed by atoms with Crippen molar-refractivity contribution >= 4 is 45.4 Å². The molecule has 2 heterocycles. The normalized spacial score (nSPS) is 16.3. The average molecular weight is 489 g/mol. The smallest absolute Gasteiger partial charge is 0.312 e. The van der Waals surface area contributed by atoms with Crippen molar-refractivity contribution in [1.29, 1.82) is 0 Å². The Bertz CT molecular complexity index is 957.